The largest absolute Gasteiger partial charge is 0.490 e. The van der Waals surface area contributed by atoms with Crippen molar-refractivity contribution in [2.45, 2.75) is 46.0 Å². The molecule has 116 valence electrons. The van der Waals surface area contributed by atoms with Crippen LogP contribution in [0.1, 0.15) is 56.3 Å². The first kappa shape index (κ1) is 15.9. The second kappa shape index (κ2) is 7.01. The van der Waals surface area contributed by atoms with Crippen LogP contribution in [0.15, 0.2) is 12.1 Å². The molecule has 1 aromatic carbocycles. The van der Waals surface area contributed by atoms with Gasteiger partial charge in [-0.2, -0.15) is 4.39 Å². The lowest BCUT2D eigenvalue weighted by atomic mass is 9.79. The zero-order valence-electron chi connectivity index (χ0n) is 12.6. The lowest BCUT2D eigenvalue weighted by Crippen LogP contribution is -2.22. The van der Waals surface area contributed by atoms with Gasteiger partial charge in [-0.3, -0.25) is 4.79 Å². The van der Waals surface area contributed by atoms with Crippen molar-refractivity contribution in [2.24, 2.45) is 11.8 Å². The molecular formula is C17H22F2O2. The molecule has 0 radical (unpaired) electrons. The topological polar surface area (TPSA) is 26.3 Å². The predicted octanol–water partition coefficient (Wildman–Crippen LogP) is 4.76. The minimum Gasteiger partial charge on any atom is -0.490 e. The summed E-state index contributed by atoms with van der Waals surface area (Å²) in [7, 11) is 0. The summed E-state index contributed by atoms with van der Waals surface area (Å²) in [6.45, 7) is 4.36. The standard InChI is InChI=1S/C17H22F2O2/c1-3-10-21-14-9-8-13(15(18)16(14)19)17(20)12-6-4-11(2)5-7-12/h8-9,11-12H,3-7,10H2,1-2H3. The molecule has 1 fully saturated rings. The molecule has 0 aliphatic heterocycles. The molecule has 0 N–H and O–H groups in total. The number of carbonyl (C=O) groups is 1. The van der Waals surface area contributed by atoms with Crippen molar-refractivity contribution in [2.75, 3.05) is 6.61 Å². The Kier molecular flexibility index (Phi) is 5.32. The zero-order chi connectivity index (χ0) is 15.4. The Labute approximate surface area is 124 Å². The van der Waals surface area contributed by atoms with Crippen LogP contribution in [-0.2, 0) is 0 Å². The van der Waals surface area contributed by atoms with Crippen LogP contribution >= 0.6 is 0 Å². The van der Waals surface area contributed by atoms with E-state index < -0.39 is 11.6 Å². The van der Waals surface area contributed by atoms with Gasteiger partial charge in [-0.25, -0.2) is 4.39 Å². The van der Waals surface area contributed by atoms with E-state index in [-0.39, 0.29) is 23.0 Å². The average Bonchev–Trinajstić information content (AvgIpc) is 2.49. The normalized spacial score (nSPS) is 22.1. The first-order chi connectivity index (χ1) is 10.0. The molecule has 0 spiro atoms. The summed E-state index contributed by atoms with van der Waals surface area (Å²) in [6.07, 6.45) is 4.17. The SMILES string of the molecule is CCCOc1ccc(C(=O)C2CCC(C)CC2)c(F)c1F. The summed E-state index contributed by atoms with van der Waals surface area (Å²) < 4.78 is 33.2. The molecule has 1 aliphatic rings. The Morgan fingerprint density at radius 1 is 1.19 bits per heavy atom. The molecule has 0 saturated heterocycles. The lowest BCUT2D eigenvalue weighted by Gasteiger charge is -2.25. The quantitative estimate of drug-likeness (QED) is 0.732. The fourth-order valence-electron chi connectivity index (χ4n) is 2.79. The summed E-state index contributed by atoms with van der Waals surface area (Å²) in [6, 6.07) is 2.70. The second-order valence-electron chi connectivity index (χ2n) is 5.91. The minimum atomic E-state index is -1.08. The molecule has 2 rings (SSSR count). The molecule has 21 heavy (non-hydrogen) atoms. The van der Waals surface area contributed by atoms with Gasteiger partial charge in [0.1, 0.15) is 0 Å². The Hall–Kier alpha value is -1.45. The Bertz CT molecular complexity index is 506. The number of halogens is 2. The van der Waals surface area contributed by atoms with Crippen molar-refractivity contribution < 1.29 is 18.3 Å². The zero-order valence-corrected chi connectivity index (χ0v) is 12.6. The van der Waals surface area contributed by atoms with E-state index in [1.807, 2.05) is 6.92 Å². The first-order valence-corrected chi connectivity index (χ1v) is 7.69. The molecule has 0 bridgehead atoms. The number of ketones is 1. The van der Waals surface area contributed by atoms with Crippen LogP contribution in [0.2, 0.25) is 0 Å². The van der Waals surface area contributed by atoms with E-state index in [0.717, 1.165) is 25.7 Å². The van der Waals surface area contributed by atoms with Gasteiger partial charge in [0.25, 0.3) is 0 Å². The van der Waals surface area contributed by atoms with Crippen molar-refractivity contribution >= 4 is 5.78 Å². The molecule has 0 heterocycles. The first-order valence-electron chi connectivity index (χ1n) is 7.69. The van der Waals surface area contributed by atoms with Crippen LogP contribution in [0, 0.1) is 23.5 Å². The highest BCUT2D eigenvalue weighted by molar-refractivity contribution is 5.98. The average molecular weight is 296 g/mol. The van der Waals surface area contributed by atoms with Gasteiger partial charge in [0.05, 0.1) is 12.2 Å². The van der Waals surface area contributed by atoms with Crippen LogP contribution in [0.4, 0.5) is 8.78 Å². The van der Waals surface area contributed by atoms with Gasteiger partial charge in [-0.05, 0) is 37.3 Å². The van der Waals surface area contributed by atoms with Crippen LogP contribution in [-0.4, -0.2) is 12.4 Å². The van der Waals surface area contributed by atoms with E-state index in [9.17, 15) is 13.6 Å². The number of benzene rings is 1. The minimum absolute atomic E-state index is 0.122. The molecule has 0 atom stereocenters. The highest BCUT2D eigenvalue weighted by Gasteiger charge is 2.28. The summed E-state index contributed by atoms with van der Waals surface area (Å²) >= 11 is 0. The highest BCUT2D eigenvalue weighted by atomic mass is 19.2. The van der Waals surface area contributed by atoms with Crippen LogP contribution < -0.4 is 4.74 Å². The molecule has 0 amide bonds. The van der Waals surface area contributed by atoms with Crippen molar-refractivity contribution in [1.29, 1.82) is 0 Å². The van der Waals surface area contributed by atoms with E-state index in [4.69, 9.17) is 4.74 Å². The summed E-state index contributed by atoms with van der Waals surface area (Å²) in [4.78, 5) is 12.4. The van der Waals surface area contributed by atoms with Crippen molar-refractivity contribution in [3.8, 4) is 5.75 Å². The number of ether oxygens (including phenoxy) is 1. The monoisotopic (exact) mass is 296 g/mol. The molecule has 1 aromatic rings. The van der Waals surface area contributed by atoms with Gasteiger partial charge in [-0.15, -0.1) is 0 Å². The fraction of sp³-hybridized carbons (Fsp3) is 0.588. The van der Waals surface area contributed by atoms with Gasteiger partial charge in [-0.1, -0.05) is 26.7 Å². The molecular weight excluding hydrogens is 274 g/mol. The van der Waals surface area contributed by atoms with E-state index in [1.54, 1.807) is 0 Å². The molecule has 0 unspecified atom stereocenters. The molecule has 1 saturated carbocycles. The summed E-state index contributed by atoms with van der Waals surface area (Å²) in [5, 5.41) is 0. The number of rotatable bonds is 5. The molecule has 2 nitrogen and oxygen atoms in total. The number of hydrogen-bond acceptors (Lipinski definition) is 2. The van der Waals surface area contributed by atoms with E-state index in [0.29, 0.717) is 18.9 Å². The highest BCUT2D eigenvalue weighted by Crippen LogP contribution is 2.32. The van der Waals surface area contributed by atoms with Crippen molar-refractivity contribution in [3.05, 3.63) is 29.3 Å². The van der Waals surface area contributed by atoms with Gasteiger partial charge < -0.3 is 4.74 Å². The second-order valence-corrected chi connectivity index (χ2v) is 5.91. The Morgan fingerprint density at radius 2 is 1.86 bits per heavy atom. The maximum atomic E-state index is 14.1. The molecule has 0 aromatic heterocycles. The van der Waals surface area contributed by atoms with E-state index >= 15 is 0 Å². The van der Waals surface area contributed by atoms with E-state index in [2.05, 4.69) is 6.92 Å². The Morgan fingerprint density at radius 3 is 2.48 bits per heavy atom. The maximum Gasteiger partial charge on any atom is 0.201 e. The third-order valence-corrected chi connectivity index (χ3v) is 4.16. The van der Waals surface area contributed by atoms with Gasteiger partial charge in [0.2, 0.25) is 5.82 Å². The van der Waals surface area contributed by atoms with Gasteiger partial charge >= 0.3 is 0 Å². The lowest BCUT2D eigenvalue weighted by molar-refractivity contribution is 0.0870. The van der Waals surface area contributed by atoms with Crippen LogP contribution in [0.3, 0.4) is 0 Å². The summed E-state index contributed by atoms with van der Waals surface area (Å²) in [5.41, 5.74) is -0.143. The smallest absolute Gasteiger partial charge is 0.201 e. The van der Waals surface area contributed by atoms with Crippen molar-refractivity contribution in [3.63, 3.8) is 0 Å². The Balaban J connectivity index is 2.16. The third-order valence-electron chi connectivity index (χ3n) is 4.16. The predicted molar refractivity (Wildman–Crippen MR) is 77.6 cm³/mol. The maximum absolute atomic E-state index is 14.1. The summed E-state index contributed by atoms with van der Waals surface area (Å²) in [5.74, 6) is -2.10. The van der Waals surface area contributed by atoms with Crippen molar-refractivity contribution in [1.82, 2.24) is 0 Å². The van der Waals surface area contributed by atoms with Gasteiger partial charge in [0.15, 0.2) is 17.3 Å². The number of carbonyl (C=O) groups excluding carboxylic acids is 1. The third kappa shape index (κ3) is 3.60. The van der Waals surface area contributed by atoms with Crippen LogP contribution in [0.5, 0.6) is 5.75 Å². The fourth-order valence-corrected chi connectivity index (χ4v) is 2.79. The number of hydrogen-bond donors (Lipinski definition) is 0. The number of Topliss-reactive ketones (excluding diaryl/α,β-unsaturated/α-hetero) is 1. The van der Waals surface area contributed by atoms with Crippen LogP contribution in [0.25, 0.3) is 0 Å². The van der Waals surface area contributed by atoms with E-state index in [1.165, 1.54) is 12.1 Å². The van der Waals surface area contributed by atoms with Gasteiger partial charge in [0, 0.05) is 5.92 Å². The molecule has 4 heteroatoms. The molecule has 1 aliphatic carbocycles.